The maximum absolute atomic E-state index is 12.2. The van der Waals surface area contributed by atoms with Crippen LogP contribution in [0.1, 0.15) is 24.9 Å². The lowest BCUT2D eigenvalue weighted by Crippen LogP contribution is -2.63. The molecule has 8 nitrogen and oxygen atoms in total. The van der Waals surface area contributed by atoms with E-state index in [1.54, 1.807) is 0 Å². The van der Waals surface area contributed by atoms with Crippen LogP contribution < -0.4 is 22.4 Å². The second-order valence-corrected chi connectivity index (χ2v) is 4.73. The molecule has 2 unspecified atom stereocenters. The minimum absolute atomic E-state index is 0.0969. The number of hydrogen-bond donors (Lipinski definition) is 4. The Kier molecular flexibility index (Phi) is 4.39. The van der Waals surface area contributed by atoms with Crippen LogP contribution in [-0.2, 0) is 4.79 Å². The lowest BCUT2D eigenvalue weighted by Gasteiger charge is -2.38. The van der Waals surface area contributed by atoms with Gasteiger partial charge in [-0.05, 0) is 12.5 Å². The summed E-state index contributed by atoms with van der Waals surface area (Å²) in [5.74, 6) is 4.84. The van der Waals surface area contributed by atoms with E-state index >= 15 is 0 Å². The number of hydrogen-bond acceptors (Lipinski definition) is 5. The lowest BCUT2D eigenvalue weighted by atomic mass is 10.0. The van der Waals surface area contributed by atoms with Gasteiger partial charge in [0.2, 0.25) is 5.91 Å². The minimum atomic E-state index is -0.559. The van der Waals surface area contributed by atoms with Crippen LogP contribution in [0.25, 0.3) is 0 Å². The number of β-lactam (4-membered cyclic amide) rings is 1. The average Bonchev–Trinajstić information content (AvgIpc) is 2.45. The van der Waals surface area contributed by atoms with Crippen LogP contribution >= 0.6 is 0 Å². The van der Waals surface area contributed by atoms with Crippen molar-refractivity contribution in [3.63, 3.8) is 0 Å². The van der Waals surface area contributed by atoms with Gasteiger partial charge in [0.15, 0.2) is 0 Å². The molecule has 3 amide bonds. The molecule has 0 radical (unpaired) electrons. The van der Waals surface area contributed by atoms with Crippen LogP contribution in [-0.4, -0.2) is 28.7 Å². The van der Waals surface area contributed by atoms with Crippen LogP contribution in [0.4, 0.5) is 4.79 Å². The number of nitrogens with one attached hydrogen (secondary N) is 2. The van der Waals surface area contributed by atoms with Gasteiger partial charge in [-0.15, -0.1) is 5.10 Å². The summed E-state index contributed by atoms with van der Waals surface area (Å²) in [7, 11) is 0. The van der Waals surface area contributed by atoms with Gasteiger partial charge in [-0.25, -0.2) is 16.2 Å². The number of hydrazone groups is 1. The Balaban J connectivity index is 2.02. The zero-order valence-electron chi connectivity index (χ0n) is 11.6. The number of urea groups is 1. The van der Waals surface area contributed by atoms with Gasteiger partial charge in [-0.2, -0.15) is 0 Å². The van der Waals surface area contributed by atoms with E-state index in [1.165, 1.54) is 0 Å². The fraction of sp³-hybridized carbons (Fsp3) is 0.308. The number of carbonyl (C=O) groups excluding carboxylic acids is 2. The summed E-state index contributed by atoms with van der Waals surface area (Å²) in [4.78, 5) is 24.8. The molecule has 112 valence electrons. The van der Waals surface area contributed by atoms with Gasteiger partial charge >= 0.3 is 6.03 Å². The summed E-state index contributed by atoms with van der Waals surface area (Å²) in [6.45, 7) is 1.84. The number of amidine groups is 1. The normalized spacial score (nSPS) is 19.7. The van der Waals surface area contributed by atoms with Crippen LogP contribution in [0.2, 0.25) is 0 Å². The zero-order chi connectivity index (χ0) is 15.4. The third-order valence-corrected chi connectivity index (χ3v) is 3.34. The first-order valence-electron chi connectivity index (χ1n) is 6.50. The maximum atomic E-state index is 12.2. The molecule has 1 fully saturated rings. The van der Waals surface area contributed by atoms with E-state index in [0.29, 0.717) is 0 Å². The first-order chi connectivity index (χ1) is 10.0. The van der Waals surface area contributed by atoms with Crippen molar-refractivity contribution in [1.82, 2.24) is 15.8 Å². The number of imide groups is 1. The van der Waals surface area contributed by atoms with Crippen LogP contribution in [0.15, 0.2) is 35.4 Å². The van der Waals surface area contributed by atoms with Crippen molar-refractivity contribution >= 4 is 17.8 Å². The summed E-state index contributed by atoms with van der Waals surface area (Å²) in [6.07, 6.45) is 0.143. The predicted molar refractivity (Wildman–Crippen MR) is 77.6 cm³/mol. The minimum Gasteiger partial charge on any atom is -0.384 e. The van der Waals surface area contributed by atoms with E-state index in [4.69, 9.17) is 11.6 Å². The zero-order valence-corrected chi connectivity index (χ0v) is 11.6. The van der Waals surface area contributed by atoms with Gasteiger partial charge < -0.3 is 11.1 Å². The number of benzene rings is 1. The number of likely N-dealkylation sites (tertiary alicyclic amines) is 1. The van der Waals surface area contributed by atoms with E-state index in [1.807, 2.05) is 37.3 Å². The second kappa shape index (κ2) is 6.23. The number of carbonyl (C=O) groups is 2. The highest BCUT2D eigenvalue weighted by Gasteiger charge is 2.43. The van der Waals surface area contributed by atoms with E-state index < -0.39 is 12.1 Å². The molecule has 0 bridgehead atoms. The summed E-state index contributed by atoms with van der Waals surface area (Å²) in [6, 6.07) is 8.17. The van der Waals surface area contributed by atoms with Crippen molar-refractivity contribution in [2.45, 2.75) is 25.4 Å². The Labute approximate surface area is 122 Å². The third kappa shape index (κ3) is 3.11. The van der Waals surface area contributed by atoms with Gasteiger partial charge in [0, 0.05) is 0 Å². The highest BCUT2D eigenvalue weighted by molar-refractivity contribution is 6.08. The highest BCUT2D eigenvalue weighted by atomic mass is 16.2. The van der Waals surface area contributed by atoms with Crippen LogP contribution in [0.3, 0.4) is 0 Å². The smallest absolute Gasteiger partial charge is 0.325 e. The molecule has 1 aromatic rings. The Bertz CT molecular complexity index is 559. The Morgan fingerprint density at radius 1 is 1.43 bits per heavy atom. The van der Waals surface area contributed by atoms with Crippen molar-refractivity contribution in [3.05, 3.63) is 35.9 Å². The largest absolute Gasteiger partial charge is 0.384 e. The average molecular weight is 290 g/mol. The lowest BCUT2D eigenvalue weighted by molar-refractivity contribution is -0.137. The van der Waals surface area contributed by atoms with Gasteiger partial charge in [-0.3, -0.25) is 9.69 Å². The molecule has 2 atom stereocenters. The molecular formula is C13H18N6O2. The molecule has 1 heterocycles. The van der Waals surface area contributed by atoms with Crippen molar-refractivity contribution in [3.8, 4) is 0 Å². The van der Waals surface area contributed by atoms with Crippen LogP contribution in [0.5, 0.6) is 0 Å². The van der Waals surface area contributed by atoms with Crippen molar-refractivity contribution < 1.29 is 9.59 Å². The molecule has 6 N–H and O–H groups in total. The van der Waals surface area contributed by atoms with Gasteiger partial charge in [0.25, 0.3) is 0 Å². The highest BCUT2D eigenvalue weighted by Crippen LogP contribution is 2.21. The predicted octanol–water partition coefficient (Wildman–Crippen LogP) is -0.206. The quantitative estimate of drug-likeness (QED) is 0.201. The molecule has 1 aliphatic heterocycles. The SMILES string of the molecule is CC(NC(=O)N1C(=O)CC1/C(N)=N/NN)c1ccccc1. The first kappa shape index (κ1) is 14.8. The van der Waals surface area contributed by atoms with Crippen LogP contribution in [0, 0.1) is 0 Å². The van der Waals surface area contributed by atoms with E-state index in [0.717, 1.165) is 10.5 Å². The van der Waals surface area contributed by atoms with E-state index in [2.05, 4.69) is 16.0 Å². The molecule has 1 aromatic carbocycles. The molecule has 2 rings (SSSR count). The van der Waals surface area contributed by atoms with Crippen molar-refractivity contribution in [2.24, 2.45) is 16.7 Å². The monoisotopic (exact) mass is 290 g/mol. The number of amides is 3. The Morgan fingerprint density at radius 3 is 2.67 bits per heavy atom. The molecule has 0 aliphatic carbocycles. The number of nitrogens with zero attached hydrogens (tertiary/aromatic N) is 2. The standard InChI is InChI=1S/C13H18N6O2/c1-8(9-5-3-2-4-6-9)16-13(21)19-10(7-11(19)20)12(14)17-18-15/h2-6,8,10,18H,7,15H2,1H3,(H2,14,17)(H,16,21). The number of nitrogens with two attached hydrogens (primary N) is 2. The molecule has 8 heteroatoms. The molecule has 21 heavy (non-hydrogen) atoms. The maximum Gasteiger partial charge on any atom is 0.325 e. The topological polar surface area (TPSA) is 126 Å². The third-order valence-electron chi connectivity index (χ3n) is 3.34. The number of rotatable bonds is 4. The van der Waals surface area contributed by atoms with Crippen molar-refractivity contribution in [1.29, 1.82) is 0 Å². The van der Waals surface area contributed by atoms with Gasteiger partial charge in [0.1, 0.15) is 11.9 Å². The molecule has 0 spiro atoms. The second-order valence-electron chi connectivity index (χ2n) is 4.73. The summed E-state index contributed by atoms with van der Waals surface area (Å²) < 4.78 is 0. The number of hydrazine groups is 1. The first-order valence-corrected chi connectivity index (χ1v) is 6.50. The summed E-state index contributed by atoms with van der Waals surface area (Å²) in [5, 5.41) is 6.36. The Hall–Kier alpha value is -2.61. The molecule has 0 saturated carbocycles. The van der Waals surface area contributed by atoms with Gasteiger partial charge in [-0.1, -0.05) is 30.3 Å². The Morgan fingerprint density at radius 2 is 2.10 bits per heavy atom. The molecule has 1 aliphatic rings. The molecule has 1 saturated heterocycles. The fourth-order valence-electron chi connectivity index (χ4n) is 2.14. The molecule has 0 aromatic heterocycles. The van der Waals surface area contributed by atoms with E-state index in [9.17, 15) is 9.59 Å². The van der Waals surface area contributed by atoms with Crippen molar-refractivity contribution in [2.75, 3.05) is 0 Å². The van der Waals surface area contributed by atoms with Gasteiger partial charge in [0.05, 0.1) is 12.5 Å². The molecular weight excluding hydrogens is 272 g/mol. The summed E-state index contributed by atoms with van der Waals surface area (Å²) >= 11 is 0. The van der Waals surface area contributed by atoms with E-state index in [-0.39, 0.29) is 24.2 Å². The summed E-state index contributed by atoms with van der Waals surface area (Å²) in [5.41, 5.74) is 8.65. The fourth-order valence-corrected chi connectivity index (χ4v) is 2.14.